The first-order valence-electron chi connectivity index (χ1n) is 8.65. The molecule has 1 saturated heterocycles. The number of nitrogens with zero attached hydrogens (tertiary/aromatic N) is 2. The summed E-state index contributed by atoms with van der Waals surface area (Å²) in [5.41, 5.74) is -0.0121. The van der Waals surface area contributed by atoms with E-state index in [0.717, 1.165) is 0 Å². The molecule has 1 heterocycles. The number of nitro benzene ring substituents is 1. The average molecular weight is 408 g/mol. The maximum Gasteiger partial charge on any atom is 0.269 e. The Bertz CT molecular complexity index is 910. The molecule has 0 aromatic heterocycles. The normalized spacial score (nSPS) is 15.1. The smallest absolute Gasteiger partial charge is 0.269 e. The minimum Gasteiger partial charge on any atom is -0.490 e. The molecule has 0 unspecified atom stereocenters. The third kappa shape index (κ3) is 4.97. The molecule has 1 aliphatic rings. The lowest BCUT2D eigenvalue weighted by Crippen LogP contribution is -2.40. The topological polar surface area (TPSA) is 108 Å². The first-order chi connectivity index (χ1) is 13.5. The Morgan fingerprint density at radius 3 is 2.29 bits per heavy atom. The van der Waals surface area contributed by atoms with Gasteiger partial charge >= 0.3 is 0 Å². The van der Waals surface area contributed by atoms with Crippen molar-refractivity contribution in [2.75, 3.05) is 39.5 Å². The van der Waals surface area contributed by atoms with Crippen LogP contribution in [0.4, 0.5) is 5.69 Å². The Morgan fingerprint density at radius 1 is 1.00 bits per heavy atom. The second kappa shape index (κ2) is 9.00. The van der Waals surface area contributed by atoms with Crippen LogP contribution in [0.3, 0.4) is 0 Å². The quantitative estimate of drug-likeness (QED) is 0.374. The predicted octanol–water partition coefficient (Wildman–Crippen LogP) is 2.07. The molecular weight excluding hydrogens is 388 g/mol. The van der Waals surface area contributed by atoms with Crippen LogP contribution in [0.1, 0.15) is 0 Å². The van der Waals surface area contributed by atoms with E-state index in [1.807, 2.05) is 0 Å². The number of benzene rings is 2. The Kier molecular flexibility index (Phi) is 6.45. The zero-order chi connectivity index (χ0) is 20.0. The number of morpholine rings is 1. The summed E-state index contributed by atoms with van der Waals surface area (Å²) >= 11 is 0. The number of nitro groups is 1. The summed E-state index contributed by atoms with van der Waals surface area (Å²) in [4.78, 5) is 10.3. The van der Waals surface area contributed by atoms with Crippen LogP contribution in [0.5, 0.6) is 11.5 Å². The summed E-state index contributed by atoms with van der Waals surface area (Å²) in [6, 6.07) is 12.0. The number of rotatable bonds is 8. The van der Waals surface area contributed by atoms with E-state index in [9.17, 15) is 18.5 Å². The van der Waals surface area contributed by atoms with Crippen molar-refractivity contribution in [3.05, 3.63) is 58.6 Å². The van der Waals surface area contributed by atoms with E-state index in [-0.39, 0.29) is 23.8 Å². The van der Waals surface area contributed by atoms with E-state index in [1.54, 1.807) is 12.1 Å². The van der Waals surface area contributed by atoms with E-state index < -0.39 is 14.9 Å². The van der Waals surface area contributed by atoms with Gasteiger partial charge in [0.2, 0.25) is 10.0 Å². The fraction of sp³-hybridized carbons (Fsp3) is 0.333. The van der Waals surface area contributed by atoms with E-state index in [2.05, 4.69) is 0 Å². The molecule has 2 aromatic carbocycles. The van der Waals surface area contributed by atoms with Crippen molar-refractivity contribution in [2.45, 2.75) is 4.90 Å². The molecule has 3 rings (SSSR count). The van der Waals surface area contributed by atoms with Crippen molar-refractivity contribution in [3.63, 3.8) is 0 Å². The molecule has 0 N–H and O–H groups in total. The molecule has 9 nitrogen and oxygen atoms in total. The number of ether oxygens (including phenoxy) is 3. The van der Waals surface area contributed by atoms with E-state index in [4.69, 9.17) is 14.2 Å². The Morgan fingerprint density at radius 2 is 1.64 bits per heavy atom. The van der Waals surface area contributed by atoms with Crippen LogP contribution < -0.4 is 9.47 Å². The fourth-order valence-electron chi connectivity index (χ4n) is 2.64. The number of hydrogen-bond acceptors (Lipinski definition) is 7. The fourth-order valence-corrected chi connectivity index (χ4v) is 4.09. The molecule has 0 bridgehead atoms. The van der Waals surface area contributed by atoms with Crippen molar-refractivity contribution in [3.8, 4) is 11.5 Å². The highest BCUT2D eigenvalue weighted by Crippen LogP contribution is 2.22. The maximum atomic E-state index is 12.7. The summed E-state index contributed by atoms with van der Waals surface area (Å²) in [5, 5.41) is 10.6. The standard InChI is InChI=1S/C18H20N2O7S/c21-20(22)15-4-6-16(7-5-15)26-12-13-27-17-2-1-3-18(14-17)28(23,24)19-8-10-25-11-9-19/h1-7,14H,8-13H2. The van der Waals surface area contributed by atoms with E-state index >= 15 is 0 Å². The second-order valence-electron chi connectivity index (χ2n) is 5.94. The van der Waals surface area contributed by atoms with Gasteiger partial charge in [0.05, 0.1) is 23.0 Å². The maximum absolute atomic E-state index is 12.7. The van der Waals surface area contributed by atoms with Gasteiger partial charge in [0.25, 0.3) is 5.69 Å². The minimum absolute atomic E-state index is 0.0121. The molecule has 0 radical (unpaired) electrons. The molecule has 0 atom stereocenters. The lowest BCUT2D eigenvalue weighted by molar-refractivity contribution is -0.384. The predicted molar refractivity (Wildman–Crippen MR) is 100 cm³/mol. The Labute approximate surface area is 162 Å². The van der Waals surface area contributed by atoms with Crippen LogP contribution in [0, 0.1) is 10.1 Å². The third-order valence-corrected chi connectivity index (χ3v) is 5.98. The van der Waals surface area contributed by atoms with Crippen LogP contribution in [0.15, 0.2) is 53.4 Å². The number of non-ortho nitro benzene ring substituents is 1. The number of sulfonamides is 1. The zero-order valence-electron chi connectivity index (χ0n) is 15.0. The minimum atomic E-state index is -3.58. The molecule has 0 amide bonds. The molecule has 28 heavy (non-hydrogen) atoms. The first kappa shape index (κ1) is 20.1. The summed E-state index contributed by atoms with van der Waals surface area (Å²) in [5.74, 6) is 0.902. The Balaban J connectivity index is 1.54. The van der Waals surface area contributed by atoms with Crippen LogP contribution >= 0.6 is 0 Å². The van der Waals surface area contributed by atoms with Crippen LogP contribution in [-0.4, -0.2) is 57.2 Å². The molecule has 0 spiro atoms. The summed E-state index contributed by atoms with van der Waals surface area (Å²) < 4.78 is 43.0. The van der Waals surface area contributed by atoms with Crippen LogP contribution in [0.2, 0.25) is 0 Å². The highest BCUT2D eigenvalue weighted by molar-refractivity contribution is 7.89. The van der Waals surface area contributed by atoms with E-state index in [0.29, 0.717) is 37.8 Å². The molecule has 1 fully saturated rings. The van der Waals surface area contributed by atoms with Gasteiger partial charge in [-0.3, -0.25) is 10.1 Å². The van der Waals surface area contributed by atoms with Crippen molar-refractivity contribution in [1.82, 2.24) is 4.31 Å². The van der Waals surface area contributed by atoms with Crippen LogP contribution in [-0.2, 0) is 14.8 Å². The van der Waals surface area contributed by atoms with Gasteiger partial charge in [-0.15, -0.1) is 0 Å². The molecular formula is C18H20N2O7S. The summed E-state index contributed by atoms with van der Waals surface area (Å²) in [7, 11) is -3.58. The van der Waals surface area contributed by atoms with Crippen molar-refractivity contribution >= 4 is 15.7 Å². The van der Waals surface area contributed by atoms with Gasteiger partial charge in [0.15, 0.2) is 0 Å². The SMILES string of the molecule is O=[N+]([O-])c1ccc(OCCOc2cccc(S(=O)(=O)N3CCOCC3)c2)cc1. The molecule has 150 valence electrons. The second-order valence-corrected chi connectivity index (χ2v) is 7.88. The van der Waals surface area contributed by atoms with Gasteiger partial charge < -0.3 is 14.2 Å². The highest BCUT2D eigenvalue weighted by atomic mass is 32.2. The average Bonchev–Trinajstić information content (AvgIpc) is 2.72. The molecule has 0 aliphatic carbocycles. The lowest BCUT2D eigenvalue weighted by Gasteiger charge is -2.26. The van der Waals surface area contributed by atoms with Gasteiger partial charge in [0, 0.05) is 31.3 Å². The summed E-state index contributed by atoms with van der Waals surface area (Å²) in [6.07, 6.45) is 0. The van der Waals surface area contributed by atoms with E-state index in [1.165, 1.54) is 40.7 Å². The van der Waals surface area contributed by atoms with Crippen molar-refractivity contribution in [2.24, 2.45) is 0 Å². The monoisotopic (exact) mass is 408 g/mol. The van der Waals surface area contributed by atoms with Crippen molar-refractivity contribution < 1.29 is 27.6 Å². The zero-order valence-corrected chi connectivity index (χ0v) is 15.8. The number of hydrogen-bond donors (Lipinski definition) is 0. The van der Waals surface area contributed by atoms with Gasteiger partial charge in [-0.2, -0.15) is 4.31 Å². The first-order valence-corrected chi connectivity index (χ1v) is 10.1. The van der Waals surface area contributed by atoms with Crippen LogP contribution in [0.25, 0.3) is 0 Å². The third-order valence-electron chi connectivity index (χ3n) is 4.08. The Hall–Kier alpha value is -2.69. The van der Waals surface area contributed by atoms with Gasteiger partial charge in [-0.05, 0) is 24.3 Å². The highest BCUT2D eigenvalue weighted by Gasteiger charge is 2.26. The molecule has 10 heteroatoms. The molecule has 2 aromatic rings. The largest absolute Gasteiger partial charge is 0.490 e. The van der Waals surface area contributed by atoms with Gasteiger partial charge in [0.1, 0.15) is 24.7 Å². The summed E-state index contributed by atoms with van der Waals surface area (Å²) in [6.45, 7) is 1.83. The molecule has 0 saturated carbocycles. The van der Waals surface area contributed by atoms with Crippen molar-refractivity contribution in [1.29, 1.82) is 0 Å². The molecule has 1 aliphatic heterocycles. The van der Waals surface area contributed by atoms with Gasteiger partial charge in [-0.25, -0.2) is 8.42 Å². The van der Waals surface area contributed by atoms with Gasteiger partial charge in [-0.1, -0.05) is 6.07 Å². The lowest BCUT2D eigenvalue weighted by atomic mass is 10.3.